The summed E-state index contributed by atoms with van der Waals surface area (Å²) in [6.07, 6.45) is 0. The van der Waals surface area contributed by atoms with E-state index in [1.165, 1.54) is 18.2 Å². The van der Waals surface area contributed by atoms with Crippen LogP contribution in [-0.2, 0) is 0 Å². The van der Waals surface area contributed by atoms with Crippen LogP contribution in [0.5, 0.6) is 0 Å². The van der Waals surface area contributed by atoms with Gasteiger partial charge in [0.25, 0.3) is 10.9 Å². The van der Waals surface area contributed by atoms with E-state index in [1.807, 2.05) is 6.07 Å². The van der Waals surface area contributed by atoms with Gasteiger partial charge in [-0.2, -0.15) is 0 Å². The second-order valence-electron chi connectivity index (χ2n) is 3.63. The van der Waals surface area contributed by atoms with Gasteiger partial charge in [0, 0.05) is 23.3 Å². The van der Waals surface area contributed by atoms with Gasteiger partial charge in [0.05, 0.1) is 4.92 Å². The van der Waals surface area contributed by atoms with Crippen LogP contribution in [0.1, 0.15) is 10.4 Å². The molecule has 0 saturated carbocycles. The Kier molecular flexibility index (Phi) is 3.39. The Morgan fingerprint density at radius 2 is 1.78 bits per heavy atom. The molecule has 2 aromatic rings. The molecule has 2 rings (SSSR count). The lowest BCUT2D eigenvalue weighted by atomic mass is 10.00. The molecule has 0 radical (unpaired) electrons. The standard InChI is InChI=1S/C13H8ClNO3/c14-13(16)11-7-6-10(15(17)18)8-12(11)9-4-2-1-3-5-9/h1-8H. The van der Waals surface area contributed by atoms with Crippen LogP contribution < -0.4 is 0 Å². The zero-order chi connectivity index (χ0) is 13.1. The maximum atomic E-state index is 11.3. The molecular formula is C13H8ClNO3. The minimum atomic E-state index is -0.635. The summed E-state index contributed by atoms with van der Waals surface area (Å²) in [4.78, 5) is 21.6. The van der Waals surface area contributed by atoms with Gasteiger partial charge in [0.1, 0.15) is 0 Å². The second kappa shape index (κ2) is 4.98. The summed E-state index contributed by atoms with van der Waals surface area (Å²) < 4.78 is 0. The minimum Gasteiger partial charge on any atom is -0.276 e. The summed E-state index contributed by atoms with van der Waals surface area (Å²) in [7, 11) is 0. The molecular weight excluding hydrogens is 254 g/mol. The van der Waals surface area contributed by atoms with Crippen molar-refractivity contribution in [2.45, 2.75) is 0 Å². The van der Waals surface area contributed by atoms with Gasteiger partial charge in [-0.05, 0) is 23.2 Å². The smallest absolute Gasteiger partial charge is 0.270 e. The molecule has 18 heavy (non-hydrogen) atoms. The van der Waals surface area contributed by atoms with E-state index in [1.54, 1.807) is 24.3 Å². The topological polar surface area (TPSA) is 60.2 Å². The third-order valence-corrected chi connectivity index (χ3v) is 2.71. The van der Waals surface area contributed by atoms with Gasteiger partial charge in [0.15, 0.2) is 0 Å². The lowest BCUT2D eigenvalue weighted by molar-refractivity contribution is -0.384. The number of hydrogen-bond donors (Lipinski definition) is 0. The first-order chi connectivity index (χ1) is 8.59. The molecule has 0 N–H and O–H groups in total. The molecule has 0 spiro atoms. The van der Waals surface area contributed by atoms with E-state index in [2.05, 4.69) is 0 Å². The summed E-state index contributed by atoms with van der Waals surface area (Å²) in [6.45, 7) is 0. The monoisotopic (exact) mass is 261 g/mol. The Balaban J connectivity index is 2.65. The molecule has 0 atom stereocenters. The maximum Gasteiger partial charge on any atom is 0.270 e. The lowest BCUT2D eigenvalue weighted by Crippen LogP contribution is -1.96. The first kappa shape index (κ1) is 12.3. The number of benzene rings is 2. The SMILES string of the molecule is O=C(Cl)c1ccc([N+](=O)[O-])cc1-c1ccccc1. The number of nitro benzene ring substituents is 1. The maximum absolute atomic E-state index is 11.3. The van der Waals surface area contributed by atoms with Gasteiger partial charge in [0.2, 0.25) is 0 Å². The molecule has 90 valence electrons. The summed E-state index contributed by atoms with van der Waals surface area (Å²) in [6, 6.07) is 12.9. The zero-order valence-electron chi connectivity index (χ0n) is 9.17. The second-order valence-corrected chi connectivity index (χ2v) is 3.97. The van der Waals surface area contributed by atoms with Crippen LogP contribution in [-0.4, -0.2) is 10.2 Å². The Morgan fingerprint density at radius 1 is 1.11 bits per heavy atom. The molecule has 0 amide bonds. The van der Waals surface area contributed by atoms with Crippen molar-refractivity contribution in [3.8, 4) is 11.1 Å². The van der Waals surface area contributed by atoms with Crippen molar-refractivity contribution < 1.29 is 9.72 Å². The fourth-order valence-corrected chi connectivity index (χ4v) is 1.84. The van der Waals surface area contributed by atoms with E-state index in [9.17, 15) is 14.9 Å². The van der Waals surface area contributed by atoms with Crippen LogP contribution in [0.15, 0.2) is 48.5 Å². The fraction of sp³-hybridized carbons (Fsp3) is 0. The zero-order valence-corrected chi connectivity index (χ0v) is 9.92. The molecule has 0 aliphatic rings. The van der Waals surface area contributed by atoms with E-state index < -0.39 is 10.2 Å². The molecule has 4 nitrogen and oxygen atoms in total. The number of rotatable bonds is 3. The Morgan fingerprint density at radius 3 is 2.33 bits per heavy atom. The van der Waals surface area contributed by atoms with Crippen LogP contribution in [0.4, 0.5) is 5.69 Å². The third-order valence-electron chi connectivity index (χ3n) is 2.51. The summed E-state index contributed by atoms with van der Waals surface area (Å²) in [5, 5.41) is 10.1. The van der Waals surface area contributed by atoms with Gasteiger partial charge < -0.3 is 0 Å². The molecule has 0 aliphatic heterocycles. The van der Waals surface area contributed by atoms with Crippen LogP contribution >= 0.6 is 11.6 Å². The first-order valence-corrected chi connectivity index (χ1v) is 5.51. The summed E-state index contributed by atoms with van der Waals surface area (Å²) in [5.41, 5.74) is 1.36. The Labute approximate surface area is 108 Å². The number of nitro groups is 1. The van der Waals surface area contributed by atoms with Crippen LogP contribution in [0.3, 0.4) is 0 Å². The molecule has 0 heterocycles. The number of nitrogens with zero attached hydrogens (tertiary/aromatic N) is 1. The highest BCUT2D eigenvalue weighted by molar-refractivity contribution is 6.68. The average molecular weight is 262 g/mol. The number of non-ortho nitro benzene ring substituents is 1. The molecule has 0 bridgehead atoms. The van der Waals surface area contributed by atoms with E-state index in [0.29, 0.717) is 11.1 Å². The molecule has 0 saturated heterocycles. The summed E-state index contributed by atoms with van der Waals surface area (Å²) >= 11 is 5.48. The van der Waals surface area contributed by atoms with E-state index in [0.717, 1.165) is 0 Å². The Hall–Kier alpha value is -2.20. The number of carbonyl (C=O) groups excluding carboxylic acids is 1. The highest BCUT2D eigenvalue weighted by Gasteiger charge is 2.15. The molecule has 0 aromatic heterocycles. The van der Waals surface area contributed by atoms with Crippen molar-refractivity contribution in [1.29, 1.82) is 0 Å². The number of hydrogen-bond acceptors (Lipinski definition) is 3. The lowest BCUT2D eigenvalue weighted by Gasteiger charge is -2.06. The minimum absolute atomic E-state index is 0.0736. The van der Waals surface area contributed by atoms with E-state index >= 15 is 0 Å². The van der Waals surface area contributed by atoms with Gasteiger partial charge in [-0.3, -0.25) is 14.9 Å². The molecule has 0 fully saturated rings. The first-order valence-electron chi connectivity index (χ1n) is 5.13. The largest absolute Gasteiger partial charge is 0.276 e. The normalized spacial score (nSPS) is 10.1. The van der Waals surface area contributed by atoms with Gasteiger partial charge in [-0.1, -0.05) is 30.3 Å². The average Bonchev–Trinajstić information content (AvgIpc) is 2.39. The van der Waals surface area contributed by atoms with Crippen LogP contribution in [0.25, 0.3) is 11.1 Å². The number of halogens is 1. The van der Waals surface area contributed by atoms with Crippen molar-refractivity contribution in [3.63, 3.8) is 0 Å². The molecule has 5 heteroatoms. The molecule has 2 aromatic carbocycles. The van der Waals surface area contributed by atoms with Gasteiger partial charge in [-0.25, -0.2) is 0 Å². The van der Waals surface area contributed by atoms with Crippen LogP contribution in [0.2, 0.25) is 0 Å². The fourth-order valence-electron chi connectivity index (χ4n) is 1.67. The van der Waals surface area contributed by atoms with Gasteiger partial charge >= 0.3 is 0 Å². The molecule has 0 aliphatic carbocycles. The third kappa shape index (κ3) is 2.38. The highest BCUT2D eigenvalue weighted by atomic mass is 35.5. The Bertz CT molecular complexity index is 611. The van der Waals surface area contributed by atoms with E-state index in [4.69, 9.17) is 11.6 Å². The van der Waals surface area contributed by atoms with Crippen molar-refractivity contribution in [2.24, 2.45) is 0 Å². The van der Waals surface area contributed by atoms with Crippen molar-refractivity contribution in [1.82, 2.24) is 0 Å². The van der Waals surface area contributed by atoms with Gasteiger partial charge in [-0.15, -0.1) is 0 Å². The molecule has 0 unspecified atom stereocenters. The predicted molar refractivity (Wildman–Crippen MR) is 68.7 cm³/mol. The van der Waals surface area contributed by atoms with Crippen LogP contribution in [0, 0.1) is 10.1 Å². The summed E-state index contributed by atoms with van der Waals surface area (Å²) in [5.74, 6) is 0. The quantitative estimate of drug-likeness (QED) is 0.481. The number of carbonyl (C=O) groups is 1. The highest BCUT2D eigenvalue weighted by Crippen LogP contribution is 2.28. The van der Waals surface area contributed by atoms with Crippen molar-refractivity contribution in [3.05, 3.63) is 64.2 Å². The van der Waals surface area contributed by atoms with E-state index in [-0.39, 0.29) is 11.3 Å². The van der Waals surface area contributed by atoms with Crippen molar-refractivity contribution in [2.75, 3.05) is 0 Å². The van der Waals surface area contributed by atoms with Crippen molar-refractivity contribution >= 4 is 22.5 Å². The predicted octanol–water partition coefficient (Wildman–Crippen LogP) is 3.64.